The molecule has 1 saturated heterocycles. The Bertz CT molecular complexity index is 1190. The molecule has 188 valence electrons. The summed E-state index contributed by atoms with van der Waals surface area (Å²) in [5, 5.41) is 15.9. The number of aromatic nitrogens is 2. The van der Waals surface area contributed by atoms with Gasteiger partial charge in [0.2, 0.25) is 11.8 Å². The molecule has 10 heteroatoms. The van der Waals surface area contributed by atoms with Gasteiger partial charge in [0.1, 0.15) is 12.4 Å². The van der Waals surface area contributed by atoms with E-state index in [0.717, 1.165) is 11.1 Å². The van der Waals surface area contributed by atoms with Gasteiger partial charge in [-0.1, -0.05) is 54.6 Å². The molecule has 0 spiro atoms. The number of nitrogen functional groups attached to an aromatic ring is 1. The standard InChI is InChI=1S/C26H27N5O4.ClH/c1-34-24(32)14-20-13-21(31(26(20)33)15-17-5-3-2-4-6-17)16-35-23-12-11-22(29-30-23)18-7-9-19(10-8-18)25(27)28;/h2-12,20-21H,13-16H2,1H3,(H3,27,28);1H/t20-,21-;/m0./s1. The maximum atomic E-state index is 13.1. The highest BCUT2D eigenvalue weighted by Crippen LogP contribution is 2.30. The largest absolute Gasteiger partial charge is 0.474 e. The predicted octanol–water partition coefficient (Wildman–Crippen LogP) is 3.21. The molecular formula is C26H28ClN5O4. The third kappa shape index (κ3) is 6.37. The van der Waals surface area contributed by atoms with Gasteiger partial charge in [-0.15, -0.1) is 22.6 Å². The lowest BCUT2D eigenvalue weighted by molar-refractivity contribution is -0.145. The number of rotatable bonds is 9. The Kier molecular flexibility index (Phi) is 8.97. The molecule has 3 N–H and O–H groups in total. The SMILES string of the molecule is COC(=O)C[C@@H]1C[C@@H](COc2ccc(-c3ccc(C(=N)N)cc3)nn2)N(Cc2ccccc2)C1=O.Cl. The third-order valence-corrected chi connectivity index (χ3v) is 6.02. The highest BCUT2D eigenvalue weighted by molar-refractivity contribution is 5.95. The molecule has 2 aromatic carbocycles. The molecule has 1 aliphatic heterocycles. The first kappa shape index (κ1) is 26.6. The van der Waals surface area contributed by atoms with Crippen LogP contribution in [0.25, 0.3) is 11.3 Å². The van der Waals surface area contributed by atoms with Crippen molar-refractivity contribution >= 4 is 30.1 Å². The molecule has 1 aromatic heterocycles. The summed E-state index contributed by atoms with van der Waals surface area (Å²) >= 11 is 0. The number of benzene rings is 2. The molecule has 0 bridgehead atoms. The first-order valence-corrected chi connectivity index (χ1v) is 11.3. The van der Waals surface area contributed by atoms with Crippen LogP contribution in [0.2, 0.25) is 0 Å². The minimum absolute atomic E-state index is 0. The number of amidine groups is 1. The van der Waals surface area contributed by atoms with Crippen molar-refractivity contribution in [3.63, 3.8) is 0 Å². The van der Waals surface area contributed by atoms with Gasteiger partial charge in [-0.2, -0.15) is 0 Å². The molecule has 0 unspecified atom stereocenters. The fraction of sp³-hybridized carbons (Fsp3) is 0.269. The van der Waals surface area contributed by atoms with E-state index in [0.29, 0.717) is 30.1 Å². The number of hydrogen-bond acceptors (Lipinski definition) is 7. The zero-order valence-electron chi connectivity index (χ0n) is 19.8. The zero-order chi connectivity index (χ0) is 24.8. The zero-order valence-corrected chi connectivity index (χ0v) is 20.6. The van der Waals surface area contributed by atoms with Crippen LogP contribution in [0.3, 0.4) is 0 Å². The number of carbonyl (C=O) groups excluding carboxylic acids is 2. The predicted molar refractivity (Wildman–Crippen MR) is 137 cm³/mol. The Hall–Kier alpha value is -3.98. The van der Waals surface area contributed by atoms with Crippen molar-refractivity contribution in [3.8, 4) is 17.1 Å². The Morgan fingerprint density at radius 2 is 1.81 bits per heavy atom. The van der Waals surface area contributed by atoms with Gasteiger partial charge in [0.25, 0.3) is 0 Å². The minimum atomic E-state index is -0.439. The number of carbonyl (C=O) groups is 2. The highest BCUT2D eigenvalue weighted by Gasteiger charge is 2.41. The fourth-order valence-electron chi connectivity index (χ4n) is 4.12. The lowest BCUT2D eigenvalue weighted by Crippen LogP contribution is -2.37. The summed E-state index contributed by atoms with van der Waals surface area (Å²) in [4.78, 5) is 26.6. The first-order chi connectivity index (χ1) is 16.9. The van der Waals surface area contributed by atoms with Crippen LogP contribution in [0.15, 0.2) is 66.7 Å². The second-order valence-corrected chi connectivity index (χ2v) is 8.38. The third-order valence-electron chi connectivity index (χ3n) is 6.02. The van der Waals surface area contributed by atoms with Crippen molar-refractivity contribution in [3.05, 3.63) is 77.9 Å². The first-order valence-electron chi connectivity index (χ1n) is 11.3. The number of ether oxygens (including phenoxy) is 2. The number of methoxy groups -OCH3 is 1. The van der Waals surface area contributed by atoms with Crippen molar-refractivity contribution in [1.29, 1.82) is 5.41 Å². The van der Waals surface area contributed by atoms with Gasteiger partial charge >= 0.3 is 5.97 Å². The molecule has 0 radical (unpaired) electrons. The molecule has 9 nitrogen and oxygen atoms in total. The number of amides is 1. The molecule has 0 saturated carbocycles. The van der Waals surface area contributed by atoms with E-state index in [-0.39, 0.29) is 43.2 Å². The van der Waals surface area contributed by atoms with Crippen molar-refractivity contribution in [2.24, 2.45) is 11.7 Å². The van der Waals surface area contributed by atoms with Crippen molar-refractivity contribution in [2.75, 3.05) is 13.7 Å². The molecule has 2 atom stereocenters. The van der Waals surface area contributed by atoms with Crippen LogP contribution in [0.5, 0.6) is 5.88 Å². The molecule has 36 heavy (non-hydrogen) atoms. The van der Waals surface area contributed by atoms with Crippen LogP contribution in [0.4, 0.5) is 0 Å². The van der Waals surface area contributed by atoms with Crippen LogP contribution in [0, 0.1) is 11.3 Å². The van der Waals surface area contributed by atoms with E-state index in [2.05, 4.69) is 10.2 Å². The van der Waals surface area contributed by atoms with Gasteiger partial charge in [0.15, 0.2) is 0 Å². The molecule has 1 amide bonds. The summed E-state index contributed by atoms with van der Waals surface area (Å²) in [5.74, 6) is -0.568. The number of hydrogen-bond donors (Lipinski definition) is 2. The summed E-state index contributed by atoms with van der Waals surface area (Å²) in [6, 6.07) is 20.2. The number of nitrogens with zero attached hydrogens (tertiary/aromatic N) is 3. The Morgan fingerprint density at radius 1 is 1.08 bits per heavy atom. The maximum Gasteiger partial charge on any atom is 0.306 e. The summed E-state index contributed by atoms with van der Waals surface area (Å²) < 4.78 is 10.7. The topological polar surface area (TPSA) is 131 Å². The quantitative estimate of drug-likeness (QED) is 0.257. The summed E-state index contributed by atoms with van der Waals surface area (Å²) in [6.07, 6.45) is 0.544. The average Bonchev–Trinajstić information content (AvgIpc) is 3.17. The number of esters is 1. The van der Waals surface area contributed by atoms with Crippen LogP contribution in [-0.2, 0) is 20.9 Å². The molecule has 0 aliphatic carbocycles. The van der Waals surface area contributed by atoms with Crippen LogP contribution in [-0.4, -0.2) is 52.6 Å². The Balaban J connectivity index is 0.00000361. The van der Waals surface area contributed by atoms with Crippen LogP contribution >= 0.6 is 12.4 Å². The number of halogens is 1. The Labute approximate surface area is 215 Å². The van der Waals surface area contributed by atoms with Crippen molar-refractivity contribution in [1.82, 2.24) is 15.1 Å². The van der Waals surface area contributed by atoms with Gasteiger partial charge in [-0.3, -0.25) is 15.0 Å². The van der Waals surface area contributed by atoms with Crippen molar-refractivity contribution < 1.29 is 19.1 Å². The lowest BCUT2D eigenvalue weighted by Gasteiger charge is -2.24. The monoisotopic (exact) mass is 509 g/mol. The van der Waals surface area contributed by atoms with E-state index < -0.39 is 11.9 Å². The number of likely N-dealkylation sites (tertiary alicyclic amines) is 1. The van der Waals surface area contributed by atoms with Gasteiger partial charge in [0, 0.05) is 23.7 Å². The molecule has 2 heterocycles. The van der Waals surface area contributed by atoms with Crippen LogP contribution < -0.4 is 10.5 Å². The molecule has 1 aliphatic rings. The molecule has 1 fully saturated rings. The molecule has 3 aromatic rings. The summed E-state index contributed by atoms with van der Waals surface area (Å²) in [6.45, 7) is 0.670. The second kappa shape index (κ2) is 12.1. The maximum absolute atomic E-state index is 13.1. The number of nitrogens with two attached hydrogens (primary N) is 1. The van der Waals surface area contributed by atoms with Gasteiger partial charge < -0.3 is 20.1 Å². The van der Waals surface area contributed by atoms with E-state index in [9.17, 15) is 9.59 Å². The van der Waals surface area contributed by atoms with Gasteiger partial charge in [0.05, 0.1) is 31.2 Å². The van der Waals surface area contributed by atoms with Crippen LogP contribution in [0.1, 0.15) is 24.0 Å². The normalized spacial score (nSPS) is 16.8. The Morgan fingerprint density at radius 3 is 2.42 bits per heavy atom. The van der Waals surface area contributed by atoms with Gasteiger partial charge in [-0.05, 0) is 18.1 Å². The molecule has 4 rings (SSSR count). The lowest BCUT2D eigenvalue weighted by atomic mass is 10.0. The molecular weight excluding hydrogens is 482 g/mol. The summed E-state index contributed by atoms with van der Waals surface area (Å²) in [5.41, 5.74) is 8.64. The second-order valence-electron chi connectivity index (χ2n) is 8.38. The smallest absolute Gasteiger partial charge is 0.306 e. The van der Waals surface area contributed by atoms with E-state index in [1.165, 1.54) is 7.11 Å². The van der Waals surface area contributed by atoms with Crippen molar-refractivity contribution in [2.45, 2.75) is 25.4 Å². The highest BCUT2D eigenvalue weighted by atomic mass is 35.5. The average molecular weight is 510 g/mol. The number of nitrogens with one attached hydrogen (secondary N) is 1. The van der Waals surface area contributed by atoms with E-state index in [4.69, 9.17) is 20.6 Å². The fourth-order valence-corrected chi connectivity index (χ4v) is 4.12. The minimum Gasteiger partial charge on any atom is -0.474 e. The van der Waals surface area contributed by atoms with E-state index >= 15 is 0 Å². The van der Waals surface area contributed by atoms with E-state index in [1.54, 1.807) is 29.2 Å². The summed E-state index contributed by atoms with van der Waals surface area (Å²) in [7, 11) is 1.32. The van der Waals surface area contributed by atoms with E-state index in [1.807, 2.05) is 42.5 Å². The van der Waals surface area contributed by atoms with Gasteiger partial charge in [-0.25, -0.2) is 0 Å².